The van der Waals surface area contributed by atoms with Crippen LogP contribution in [0.25, 0.3) is 0 Å². The fourth-order valence-corrected chi connectivity index (χ4v) is 2.54. The van der Waals surface area contributed by atoms with Gasteiger partial charge in [0.25, 0.3) is 5.91 Å². The summed E-state index contributed by atoms with van der Waals surface area (Å²) in [5, 5.41) is 14.2. The fraction of sp³-hybridized carbons (Fsp3) is 0.200. The van der Waals surface area contributed by atoms with E-state index in [1.807, 2.05) is 18.2 Å². The number of nitrogens with one attached hydrogen (secondary N) is 2. The van der Waals surface area contributed by atoms with Crippen molar-refractivity contribution >= 4 is 23.2 Å². The molecule has 2 heterocycles. The third-order valence-corrected chi connectivity index (χ3v) is 3.83. The van der Waals surface area contributed by atoms with Gasteiger partial charge in [-0.3, -0.25) is 9.78 Å². The molecule has 3 aromatic rings. The van der Waals surface area contributed by atoms with Gasteiger partial charge in [0.1, 0.15) is 0 Å². The lowest BCUT2D eigenvalue weighted by Gasteiger charge is -2.23. The van der Waals surface area contributed by atoms with Gasteiger partial charge in [-0.15, -0.1) is 10.2 Å². The van der Waals surface area contributed by atoms with Crippen molar-refractivity contribution in [2.45, 2.75) is 26.2 Å². The molecule has 3 rings (SSSR count). The highest BCUT2D eigenvalue weighted by Crippen LogP contribution is 2.30. The Morgan fingerprint density at radius 1 is 0.923 bits per heavy atom. The summed E-state index contributed by atoms with van der Waals surface area (Å²) in [7, 11) is 0. The van der Waals surface area contributed by atoms with Gasteiger partial charge in [0.2, 0.25) is 0 Å². The number of benzene rings is 1. The summed E-state index contributed by atoms with van der Waals surface area (Å²) in [5.41, 5.74) is 2.65. The number of pyridine rings is 1. The van der Waals surface area contributed by atoms with E-state index in [1.165, 1.54) is 11.8 Å². The van der Waals surface area contributed by atoms with Gasteiger partial charge in [-0.1, -0.05) is 39.0 Å². The molecule has 0 saturated heterocycles. The number of hydrogen-bond donors (Lipinski definition) is 2. The SMILES string of the molecule is CC(C)(C)c1ccccc1Nc1ccc(NC(=O)c2cccnc2)nn1. The van der Waals surface area contributed by atoms with Crippen molar-refractivity contribution < 1.29 is 4.79 Å². The predicted octanol–water partition coefficient (Wildman–Crippen LogP) is 4.17. The van der Waals surface area contributed by atoms with E-state index in [2.05, 4.69) is 52.7 Å². The lowest BCUT2D eigenvalue weighted by Crippen LogP contribution is -2.15. The number of rotatable bonds is 4. The summed E-state index contributed by atoms with van der Waals surface area (Å²) in [5.74, 6) is 0.723. The number of hydrogen-bond acceptors (Lipinski definition) is 5. The molecule has 6 heteroatoms. The van der Waals surface area contributed by atoms with Gasteiger partial charge in [-0.2, -0.15) is 0 Å². The van der Waals surface area contributed by atoms with Crippen molar-refractivity contribution in [2.75, 3.05) is 10.6 Å². The van der Waals surface area contributed by atoms with Crippen molar-refractivity contribution in [1.29, 1.82) is 0 Å². The number of carbonyl (C=O) groups excluding carboxylic acids is 1. The summed E-state index contributed by atoms with van der Waals surface area (Å²) < 4.78 is 0. The molecule has 26 heavy (non-hydrogen) atoms. The Morgan fingerprint density at radius 2 is 1.65 bits per heavy atom. The maximum Gasteiger partial charge on any atom is 0.258 e. The van der Waals surface area contributed by atoms with Crippen LogP contribution in [0.15, 0.2) is 60.9 Å². The number of para-hydroxylation sites is 1. The van der Waals surface area contributed by atoms with E-state index in [1.54, 1.807) is 30.5 Å². The van der Waals surface area contributed by atoms with Crippen LogP contribution < -0.4 is 10.6 Å². The molecule has 0 aliphatic heterocycles. The van der Waals surface area contributed by atoms with Gasteiger partial charge in [-0.05, 0) is 41.3 Å². The fourth-order valence-electron chi connectivity index (χ4n) is 2.54. The Kier molecular flexibility index (Phi) is 4.93. The van der Waals surface area contributed by atoms with E-state index in [4.69, 9.17) is 0 Å². The Bertz CT molecular complexity index is 886. The predicted molar refractivity (Wildman–Crippen MR) is 103 cm³/mol. The number of anilines is 3. The largest absolute Gasteiger partial charge is 0.338 e. The van der Waals surface area contributed by atoms with Crippen molar-refractivity contribution in [3.63, 3.8) is 0 Å². The molecule has 0 unspecified atom stereocenters. The molecule has 2 aromatic heterocycles. The first-order chi connectivity index (χ1) is 12.4. The minimum Gasteiger partial charge on any atom is -0.338 e. The maximum absolute atomic E-state index is 12.1. The monoisotopic (exact) mass is 347 g/mol. The first kappa shape index (κ1) is 17.5. The minimum absolute atomic E-state index is 0.00859. The molecule has 1 amide bonds. The lowest BCUT2D eigenvalue weighted by atomic mass is 9.86. The summed E-state index contributed by atoms with van der Waals surface area (Å²) in [6, 6.07) is 15.0. The molecule has 0 spiro atoms. The molecular formula is C20H21N5O. The third-order valence-electron chi connectivity index (χ3n) is 3.83. The topological polar surface area (TPSA) is 79.8 Å². The molecule has 0 saturated carbocycles. The molecule has 0 aliphatic carbocycles. The van der Waals surface area contributed by atoms with Crippen LogP contribution in [0.5, 0.6) is 0 Å². The molecule has 0 fully saturated rings. The standard InChI is InChI=1S/C20H21N5O/c1-20(2,3)15-8-4-5-9-16(15)22-17-10-11-18(25-24-17)23-19(26)14-7-6-12-21-13-14/h4-13H,1-3H3,(H,22,24)(H,23,25,26). The first-order valence-corrected chi connectivity index (χ1v) is 8.35. The molecule has 0 radical (unpaired) electrons. The van der Waals surface area contributed by atoms with E-state index in [0.717, 1.165) is 5.69 Å². The number of aromatic nitrogens is 3. The van der Waals surface area contributed by atoms with Gasteiger partial charge in [0.15, 0.2) is 11.6 Å². The molecule has 6 nitrogen and oxygen atoms in total. The molecule has 1 aromatic carbocycles. The van der Waals surface area contributed by atoms with Crippen LogP contribution in [0.1, 0.15) is 36.7 Å². The highest BCUT2D eigenvalue weighted by atomic mass is 16.1. The summed E-state index contributed by atoms with van der Waals surface area (Å²) in [6.07, 6.45) is 3.12. The van der Waals surface area contributed by atoms with Crippen LogP contribution in [0, 0.1) is 0 Å². The third kappa shape index (κ3) is 4.22. The lowest BCUT2D eigenvalue weighted by molar-refractivity contribution is 0.102. The first-order valence-electron chi connectivity index (χ1n) is 8.35. The van der Waals surface area contributed by atoms with Crippen LogP contribution in [0.4, 0.5) is 17.3 Å². The Morgan fingerprint density at radius 3 is 2.31 bits per heavy atom. The smallest absolute Gasteiger partial charge is 0.258 e. The molecular weight excluding hydrogens is 326 g/mol. The van der Waals surface area contributed by atoms with Gasteiger partial charge in [-0.25, -0.2) is 0 Å². The molecule has 132 valence electrons. The van der Waals surface area contributed by atoms with Gasteiger partial charge >= 0.3 is 0 Å². The number of amides is 1. The van der Waals surface area contributed by atoms with Gasteiger partial charge in [0, 0.05) is 18.1 Å². The zero-order valence-electron chi connectivity index (χ0n) is 15.0. The Balaban J connectivity index is 1.72. The zero-order valence-corrected chi connectivity index (χ0v) is 15.0. The summed E-state index contributed by atoms with van der Waals surface area (Å²) >= 11 is 0. The van der Waals surface area contributed by atoms with Crippen molar-refractivity contribution in [1.82, 2.24) is 15.2 Å². The van der Waals surface area contributed by atoms with Crippen LogP contribution in [-0.2, 0) is 5.41 Å². The number of carbonyl (C=O) groups is 1. The van der Waals surface area contributed by atoms with Crippen LogP contribution in [0.3, 0.4) is 0 Å². The average molecular weight is 347 g/mol. The van der Waals surface area contributed by atoms with E-state index in [9.17, 15) is 4.79 Å². The van der Waals surface area contributed by atoms with E-state index in [0.29, 0.717) is 17.2 Å². The number of nitrogens with zero attached hydrogens (tertiary/aromatic N) is 3. The molecule has 0 bridgehead atoms. The van der Waals surface area contributed by atoms with Crippen LogP contribution in [0.2, 0.25) is 0 Å². The summed E-state index contributed by atoms with van der Waals surface area (Å²) in [6.45, 7) is 6.49. The average Bonchev–Trinajstić information content (AvgIpc) is 2.63. The van der Waals surface area contributed by atoms with Gasteiger partial charge in [0.05, 0.1) is 5.56 Å². The second kappa shape index (κ2) is 7.31. The highest BCUT2D eigenvalue weighted by molar-refractivity contribution is 6.03. The Labute approximate surface area is 152 Å². The minimum atomic E-state index is -0.272. The van der Waals surface area contributed by atoms with E-state index in [-0.39, 0.29) is 11.3 Å². The van der Waals surface area contributed by atoms with E-state index >= 15 is 0 Å². The molecule has 0 atom stereocenters. The normalized spacial score (nSPS) is 11.0. The Hall–Kier alpha value is -3.28. The second-order valence-corrected chi connectivity index (χ2v) is 6.92. The zero-order chi connectivity index (χ0) is 18.6. The molecule has 2 N–H and O–H groups in total. The van der Waals surface area contributed by atoms with Crippen molar-refractivity contribution in [3.05, 3.63) is 72.1 Å². The summed E-state index contributed by atoms with van der Waals surface area (Å²) in [4.78, 5) is 16.0. The quantitative estimate of drug-likeness (QED) is 0.740. The van der Waals surface area contributed by atoms with Crippen molar-refractivity contribution in [2.24, 2.45) is 0 Å². The highest BCUT2D eigenvalue weighted by Gasteiger charge is 2.17. The van der Waals surface area contributed by atoms with Crippen LogP contribution >= 0.6 is 0 Å². The molecule has 0 aliphatic rings. The van der Waals surface area contributed by atoms with Gasteiger partial charge < -0.3 is 10.6 Å². The second-order valence-electron chi connectivity index (χ2n) is 6.92. The van der Waals surface area contributed by atoms with Crippen LogP contribution in [-0.4, -0.2) is 21.1 Å². The van der Waals surface area contributed by atoms with E-state index < -0.39 is 0 Å². The maximum atomic E-state index is 12.1. The van der Waals surface area contributed by atoms with Crippen molar-refractivity contribution in [3.8, 4) is 0 Å².